The molecular weight excluding hydrogens is 364 g/mol. The molecular formula is C19H20N4O5. The topological polar surface area (TPSA) is 115 Å². The molecule has 1 saturated heterocycles. The van der Waals surface area contributed by atoms with Crippen molar-refractivity contribution in [2.45, 2.75) is 32.4 Å². The Morgan fingerprint density at radius 2 is 2.00 bits per heavy atom. The van der Waals surface area contributed by atoms with E-state index in [0.717, 1.165) is 47.8 Å². The van der Waals surface area contributed by atoms with Crippen LogP contribution in [0.15, 0.2) is 47.4 Å². The zero-order valence-corrected chi connectivity index (χ0v) is 15.2. The second-order valence-electron chi connectivity index (χ2n) is 6.63. The summed E-state index contributed by atoms with van der Waals surface area (Å²) >= 11 is 0. The third kappa shape index (κ3) is 4.81. The Kier molecular flexibility index (Phi) is 5.83. The van der Waals surface area contributed by atoms with Gasteiger partial charge in [0.2, 0.25) is 11.8 Å². The lowest BCUT2D eigenvalue weighted by molar-refractivity contribution is -0.385. The van der Waals surface area contributed by atoms with E-state index in [2.05, 4.69) is 5.32 Å². The molecule has 2 amide bonds. The molecule has 1 aromatic heterocycles. The lowest BCUT2D eigenvalue weighted by Crippen LogP contribution is -2.34. The molecule has 0 aliphatic carbocycles. The van der Waals surface area contributed by atoms with Crippen molar-refractivity contribution in [1.82, 2.24) is 9.47 Å². The number of rotatable bonds is 6. The van der Waals surface area contributed by atoms with Crippen LogP contribution in [-0.2, 0) is 22.7 Å². The van der Waals surface area contributed by atoms with E-state index < -0.39 is 16.4 Å². The van der Waals surface area contributed by atoms with Crippen molar-refractivity contribution in [3.63, 3.8) is 0 Å². The fourth-order valence-electron chi connectivity index (χ4n) is 3.10. The van der Waals surface area contributed by atoms with Gasteiger partial charge in [0.25, 0.3) is 11.2 Å². The molecule has 28 heavy (non-hydrogen) atoms. The van der Waals surface area contributed by atoms with E-state index in [-0.39, 0.29) is 18.1 Å². The molecule has 2 heterocycles. The van der Waals surface area contributed by atoms with Gasteiger partial charge in [0.15, 0.2) is 0 Å². The first-order valence-electron chi connectivity index (χ1n) is 8.94. The average molecular weight is 384 g/mol. The van der Waals surface area contributed by atoms with E-state index in [1.54, 1.807) is 23.1 Å². The standard InChI is InChI=1S/C19H20N4O5/c24-17(13-22-12-16(23(27)28)7-8-19(22)26)20-15-5-3-4-14(10-15)11-21-9-2-1-6-18(21)25/h3-5,7-8,10,12H,1-2,6,9,11,13H2,(H,20,24). The van der Waals surface area contributed by atoms with Gasteiger partial charge in [-0.05, 0) is 30.5 Å². The summed E-state index contributed by atoms with van der Waals surface area (Å²) in [6.45, 7) is 0.868. The highest BCUT2D eigenvalue weighted by atomic mass is 16.6. The minimum Gasteiger partial charge on any atom is -0.338 e. The first-order valence-corrected chi connectivity index (χ1v) is 8.94. The van der Waals surface area contributed by atoms with Crippen LogP contribution in [0.1, 0.15) is 24.8 Å². The van der Waals surface area contributed by atoms with Crippen LogP contribution in [-0.4, -0.2) is 32.7 Å². The van der Waals surface area contributed by atoms with Crippen LogP contribution < -0.4 is 10.9 Å². The van der Waals surface area contributed by atoms with Gasteiger partial charge in [0, 0.05) is 37.3 Å². The van der Waals surface area contributed by atoms with Crippen LogP contribution in [0.4, 0.5) is 11.4 Å². The highest BCUT2D eigenvalue weighted by molar-refractivity contribution is 5.90. The molecule has 0 bridgehead atoms. The number of anilines is 1. The summed E-state index contributed by atoms with van der Waals surface area (Å²) in [6, 6.07) is 9.29. The van der Waals surface area contributed by atoms with E-state index >= 15 is 0 Å². The van der Waals surface area contributed by atoms with E-state index in [1.807, 2.05) is 6.07 Å². The van der Waals surface area contributed by atoms with Crippen molar-refractivity contribution < 1.29 is 14.5 Å². The molecule has 2 aromatic rings. The molecule has 1 fully saturated rings. The third-order valence-corrected chi connectivity index (χ3v) is 4.50. The second-order valence-corrected chi connectivity index (χ2v) is 6.63. The molecule has 0 unspecified atom stereocenters. The summed E-state index contributed by atoms with van der Waals surface area (Å²) in [7, 11) is 0. The van der Waals surface area contributed by atoms with E-state index in [4.69, 9.17) is 0 Å². The van der Waals surface area contributed by atoms with Crippen LogP contribution in [0.25, 0.3) is 0 Å². The van der Waals surface area contributed by atoms with E-state index in [9.17, 15) is 24.5 Å². The number of aromatic nitrogens is 1. The maximum absolute atomic E-state index is 12.3. The fraction of sp³-hybridized carbons (Fsp3) is 0.316. The maximum Gasteiger partial charge on any atom is 0.285 e. The van der Waals surface area contributed by atoms with E-state index in [1.165, 1.54) is 0 Å². The zero-order valence-electron chi connectivity index (χ0n) is 15.2. The Bertz CT molecular complexity index is 969. The number of hydrogen-bond donors (Lipinski definition) is 1. The monoisotopic (exact) mass is 384 g/mol. The number of nitro groups is 1. The largest absolute Gasteiger partial charge is 0.338 e. The number of amides is 2. The number of nitrogens with zero attached hydrogens (tertiary/aromatic N) is 3. The molecule has 1 N–H and O–H groups in total. The Hall–Kier alpha value is -3.49. The first kappa shape index (κ1) is 19.3. The number of likely N-dealkylation sites (tertiary alicyclic amines) is 1. The maximum atomic E-state index is 12.3. The molecule has 3 rings (SSSR count). The number of nitrogens with one attached hydrogen (secondary N) is 1. The van der Waals surface area contributed by atoms with Crippen molar-refractivity contribution in [3.05, 3.63) is 68.6 Å². The molecule has 1 aliphatic rings. The van der Waals surface area contributed by atoms with Gasteiger partial charge in [0.1, 0.15) is 6.54 Å². The van der Waals surface area contributed by atoms with Crippen LogP contribution in [0.5, 0.6) is 0 Å². The highest BCUT2D eigenvalue weighted by Crippen LogP contribution is 2.17. The number of benzene rings is 1. The number of piperidine rings is 1. The van der Waals surface area contributed by atoms with Gasteiger partial charge < -0.3 is 10.2 Å². The minimum atomic E-state index is -0.626. The summed E-state index contributed by atoms with van der Waals surface area (Å²) in [6.07, 6.45) is 3.51. The summed E-state index contributed by atoms with van der Waals surface area (Å²) in [5.41, 5.74) is 0.657. The predicted molar refractivity (Wildman–Crippen MR) is 102 cm³/mol. The quantitative estimate of drug-likeness (QED) is 0.603. The fourth-order valence-corrected chi connectivity index (χ4v) is 3.10. The Morgan fingerprint density at radius 1 is 1.18 bits per heavy atom. The number of pyridine rings is 1. The number of hydrogen-bond acceptors (Lipinski definition) is 5. The zero-order chi connectivity index (χ0) is 20.1. The number of carbonyl (C=O) groups excluding carboxylic acids is 2. The molecule has 0 saturated carbocycles. The molecule has 9 nitrogen and oxygen atoms in total. The molecule has 146 valence electrons. The van der Waals surface area contributed by atoms with Crippen LogP contribution in [0.3, 0.4) is 0 Å². The van der Waals surface area contributed by atoms with Crippen LogP contribution >= 0.6 is 0 Å². The Morgan fingerprint density at radius 3 is 2.75 bits per heavy atom. The summed E-state index contributed by atoms with van der Waals surface area (Å²) in [5, 5.41) is 13.5. The minimum absolute atomic E-state index is 0.130. The Balaban J connectivity index is 1.66. The third-order valence-electron chi connectivity index (χ3n) is 4.50. The highest BCUT2D eigenvalue weighted by Gasteiger charge is 2.18. The van der Waals surface area contributed by atoms with Crippen molar-refractivity contribution in [2.75, 3.05) is 11.9 Å². The summed E-state index contributed by atoms with van der Waals surface area (Å²) in [5.74, 6) is -0.348. The van der Waals surface area contributed by atoms with Crippen LogP contribution in [0, 0.1) is 10.1 Å². The second kappa shape index (κ2) is 8.47. The van der Waals surface area contributed by atoms with Gasteiger partial charge >= 0.3 is 0 Å². The smallest absolute Gasteiger partial charge is 0.285 e. The molecule has 0 spiro atoms. The van der Waals surface area contributed by atoms with Crippen molar-refractivity contribution in [3.8, 4) is 0 Å². The van der Waals surface area contributed by atoms with Gasteiger partial charge in [-0.2, -0.15) is 0 Å². The van der Waals surface area contributed by atoms with Crippen molar-refractivity contribution >= 4 is 23.2 Å². The molecule has 1 aromatic carbocycles. The van der Waals surface area contributed by atoms with Crippen LogP contribution in [0.2, 0.25) is 0 Å². The van der Waals surface area contributed by atoms with Crippen molar-refractivity contribution in [2.24, 2.45) is 0 Å². The summed E-state index contributed by atoms with van der Waals surface area (Å²) < 4.78 is 0.990. The van der Waals surface area contributed by atoms with Gasteiger partial charge in [-0.1, -0.05) is 12.1 Å². The molecule has 0 atom stereocenters. The van der Waals surface area contributed by atoms with Gasteiger partial charge in [-0.25, -0.2) is 0 Å². The van der Waals surface area contributed by atoms with Gasteiger partial charge in [0.05, 0.1) is 11.1 Å². The predicted octanol–water partition coefficient (Wildman–Crippen LogP) is 1.91. The van der Waals surface area contributed by atoms with Gasteiger partial charge in [-0.15, -0.1) is 0 Å². The van der Waals surface area contributed by atoms with Gasteiger partial charge in [-0.3, -0.25) is 29.1 Å². The molecule has 1 aliphatic heterocycles. The van der Waals surface area contributed by atoms with Crippen molar-refractivity contribution in [1.29, 1.82) is 0 Å². The molecule has 0 radical (unpaired) electrons. The lowest BCUT2D eigenvalue weighted by Gasteiger charge is -2.26. The normalized spacial score (nSPS) is 14.0. The Labute approximate surface area is 160 Å². The summed E-state index contributed by atoms with van der Waals surface area (Å²) in [4.78, 5) is 48.0. The molecule has 9 heteroatoms. The lowest BCUT2D eigenvalue weighted by atomic mass is 10.1. The van der Waals surface area contributed by atoms with E-state index in [0.29, 0.717) is 18.7 Å². The SMILES string of the molecule is O=C(Cn1cc([N+](=O)[O-])ccc1=O)Nc1cccc(CN2CCCCC2=O)c1. The first-order chi connectivity index (χ1) is 13.4. The average Bonchev–Trinajstić information content (AvgIpc) is 2.65. The number of carbonyl (C=O) groups is 2.